The third-order valence-electron chi connectivity index (χ3n) is 2.86. The van der Waals surface area contributed by atoms with E-state index < -0.39 is 0 Å². The van der Waals surface area contributed by atoms with Crippen molar-refractivity contribution < 1.29 is 9.47 Å². The third kappa shape index (κ3) is 5.22. The van der Waals surface area contributed by atoms with Crippen molar-refractivity contribution in [2.45, 2.75) is 19.6 Å². The monoisotopic (exact) mass is 345 g/mol. The molecule has 0 aliphatic rings. The molecule has 0 radical (unpaired) electrons. The highest BCUT2D eigenvalue weighted by molar-refractivity contribution is 9.10. The van der Waals surface area contributed by atoms with Crippen LogP contribution >= 0.6 is 15.9 Å². The van der Waals surface area contributed by atoms with Crippen molar-refractivity contribution in [1.29, 1.82) is 5.26 Å². The van der Waals surface area contributed by atoms with Crippen LogP contribution in [-0.4, -0.2) is 12.7 Å². The summed E-state index contributed by atoms with van der Waals surface area (Å²) in [5.41, 5.74) is 1.70. The van der Waals surface area contributed by atoms with E-state index in [9.17, 15) is 0 Å². The quantitative estimate of drug-likeness (QED) is 0.783. The van der Waals surface area contributed by atoms with Gasteiger partial charge in [-0.2, -0.15) is 5.26 Å². The molecule has 0 fully saturated rings. The van der Waals surface area contributed by atoms with E-state index in [-0.39, 0.29) is 6.10 Å². The Labute approximate surface area is 133 Å². The summed E-state index contributed by atoms with van der Waals surface area (Å²) in [5, 5.41) is 8.92. The number of nitriles is 1. The minimum absolute atomic E-state index is 0.0327. The Morgan fingerprint density at radius 3 is 2.67 bits per heavy atom. The van der Waals surface area contributed by atoms with Gasteiger partial charge in [-0.3, -0.25) is 0 Å². The van der Waals surface area contributed by atoms with Crippen LogP contribution in [0.1, 0.15) is 18.1 Å². The molecule has 4 heteroatoms. The normalized spacial score (nSPS) is 11.7. The van der Waals surface area contributed by atoms with Crippen LogP contribution < -0.4 is 4.74 Å². The molecule has 2 rings (SSSR count). The summed E-state index contributed by atoms with van der Waals surface area (Å²) in [6.45, 7) is 2.97. The average molecular weight is 346 g/mol. The largest absolute Gasteiger partial charge is 0.491 e. The summed E-state index contributed by atoms with van der Waals surface area (Å²) >= 11 is 3.36. The lowest BCUT2D eigenvalue weighted by Gasteiger charge is -2.14. The maximum Gasteiger partial charge on any atom is 0.121 e. The fraction of sp³-hybridized carbons (Fsp3) is 0.235. The van der Waals surface area contributed by atoms with Crippen molar-refractivity contribution in [3.63, 3.8) is 0 Å². The molecule has 2 aromatic carbocycles. The fourth-order valence-electron chi connectivity index (χ4n) is 1.79. The summed E-state index contributed by atoms with van der Waals surface area (Å²) < 4.78 is 12.2. The van der Waals surface area contributed by atoms with Gasteiger partial charge in [-0.1, -0.05) is 46.3 Å². The molecule has 0 aromatic heterocycles. The summed E-state index contributed by atoms with van der Waals surface area (Å²) in [6.07, 6.45) is -0.0327. The second-order valence-corrected chi connectivity index (χ2v) is 5.62. The number of halogens is 1. The lowest BCUT2D eigenvalue weighted by molar-refractivity contribution is 0.0214. The molecule has 0 N–H and O–H groups in total. The first-order valence-corrected chi connectivity index (χ1v) is 7.45. The highest BCUT2D eigenvalue weighted by Gasteiger charge is 2.06. The van der Waals surface area contributed by atoms with Crippen molar-refractivity contribution in [3.8, 4) is 11.8 Å². The van der Waals surface area contributed by atoms with E-state index in [1.807, 2.05) is 43.3 Å². The zero-order chi connectivity index (χ0) is 15.1. The molecule has 0 saturated carbocycles. The van der Waals surface area contributed by atoms with Crippen molar-refractivity contribution in [3.05, 3.63) is 64.1 Å². The van der Waals surface area contributed by atoms with Crippen molar-refractivity contribution in [2.75, 3.05) is 6.61 Å². The number of benzene rings is 2. The number of nitrogens with zero attached hydrogens (tertiary/aromatic N) is 1. The molecule has 1 unspecified atom stereocenters. The summed E-state index contributed by atoms with van der Waals surface area (Å²) in [5.74, 6) is 0.663. The number of hydrogen-bond donors (Lipinski definition) is 0. The zero-order valence-corrected chi connectivity index (χ0v) is 13.3. The SMILES string of the molecule is CC(COc1cc(Br)cc(C#N)c1)OCc1ccccc1. The Bertz CT molecular complexity index is 622. The lowest BCUT2D eigenvalue weighted by Crippen LogP contribution is -2.18. The molecular weight excluding hydrogens is 330 g/mol. The first-order chi connectivity index (χ1) is 10.2. The Morgan fingerprint density at radius 1 is 1.19 bits per heavy atom. The van der Waals surface area contributed by atoms with Crippen molar-refractivity contribution >= 4 is 15.9 Å². The van der Waals surface area contributed by atoms with Gasteiger partial charge >= 0.3 is 0 Å². The highest BCUT2D eigenvalue weighted by Crippen LogP contribution is 2.21. The van der Waals surface area contributed by atoms with Gasteiger partial charge in [-0.05, 0) is 30.7 Å². The minimum atomic E-state index is -0.0327. The summed E-state index contributed by atoms with van der Waals surface area (Å²) in [4.78, 5) is 0. The maximum absolute atomic E-state index is 8.92. The molecule has 108 valence electrons. The predicted octanol–water partition coefficient (Wildman–Crippen LogP) is 4.30. The van der Waals surface area contributed by atoms with E-state index in [4.69, 9.17) is 14.7 Å². The van der Waals surface area contributed by atoms with Crippen LogP contribution in [-0.2, 0) is 11.3 Å². The number of hydrogen-bond acceptors (Lipinski definition) is 3. The molecular formula is C17H16BrNO2. The van der Waals surface area contributed by atoms with Crippen LogP contribution in [0.25, 0.3) is 0 Å². The van der Waals surface area contributed by atoms with Crippen LogP contribution in [0.15, 0.2) is 53.0 Å². The fourth-order valence-corrected chi connectivity index (χ4v) is 2.26. The second kappa shape index (κ2) is 7.82. The van der Waals surface area contributed by atoms with Gasteiger partial charge < -0.3 is 9.47 Å². The van der Waals surface area contributed by atoms with Crippen LogP contribution in [0.3, 0.4) is 0 Å². The Hall–Kier alpha value is -1.83. The van der Waals surface area contributed by atoms with Gasteiger partial charge in [0.2, 0.25) is 0 Å². The van der Waals surface area contributed by atoms with Gasteiger partial charge in [-0.25, -0.2) is 0 Å². The van der Waals surface area contributed by atoms with Gasteiger partial charge in [0.25, 0.3) is 0 Å². The van der Waals surface area contributed by atoms with Gasteiger partial charge in [0, 0.05) is 4.47 Å². The predicted molar refractivity (Wildman–Crippen MR) is 85.0 cm³/mol. The molecule has 0 bridgehead atoms. The van der Waals surface area contributed by atoms with E-state index in [0.29, 0.717) is 24.5 Å². The molecule has 0 aliphatic carbocycles. The second-order valence-electron chi connectivity index (χ2n) is 4.71. The smallest absolute Gasteiger partial charge is 0.121 e. The Kier molecular flexibility index (Phi) is 5.79. The number of rotatable bonds is 6. The first-order valence-electron chi connectivity index (χ1n) is 6.66. The van der Waals surface area contributed by atoms with Gasteiger partial charge in [0.05, 0.1) is 24.3 Å². The average Bonchev–Trinajstić information content (AvgIpc) is 2.51. The van der Waals surface area contributed by atoms with E-state index in [2.05, 4.69) is 22.0 Å². The van der Waals surface area contributed by atoms with Gasteiger partial charge in [0.1, 0.15) is 12.4 Å². The molecule has 0 aliphatic heterocycles. The van der Waals surface area contributed by atoms with Crippen LogP contribution in [0.4, 0.5) is 0 Å². The minimum Gasteiger partial charge on any atom is -0.491 e. The standard InChI is InChI=1S/C17H16BrNO2/c1-13(20-12-14-5-3-2-4-6-14)11-21-17-8-15(10-19)7-16(18)9-17/h2-9,13H,11-12H2,1H3. The first kappa shape index (κ1) is 15.6. The molecule has 2 aromatic rings. The Morgan fingerprint density at radius 2 is 1.95 bits per heavy atom. The van der Waals surface area contributed by atoms with Crippen LogP contribution in [0, 0.1) is 11.3 Å². The van der Waals surface area contributed by atoms with E-state index in [0.717, 1.165) is 10.0 Å². The van der Waals surface area contributed by atoms with Crippen molar-refractivity contribution in [1.82, 2.24) is 0 Å². The summed E-state index contributed by atoms with van der Waals surface area (Å²) in [6, 6.07) is 17.4. The van der Waals surface area contributed by atoms with Gasteiger partial charge in [0.15, 0.2) is 0 Å². The third-order valence-corrected chi connectivity index (χ3v) is 3.32. The molecule has 1 atom stereocenters. The van der Waals surface area contributed by atoms with Crippen LogP contribution in [0.2, 0.25) is 0 Å². The van der Waals surface area contributed by atoms with Crippen molar-refractivity contribution in [2.24, 2.45) is 0 Å². The zero-order valence-electron chi connectivity index (χ0n) is 11.8. The maximum atomic E-state index is 8.92. The van der Waals surface area contributed by atoms with E-state index in [1.165, 1.54) is 0 Å². The molecule has 0 heterocycles. The van der Waals surface area contributed by atoms with Gasteiger partial charge in [-0.15, -0.1) is 0 Å². The lowest BCUT2D eigenvalue weighted by atomic mass is 10.2. The summed E-state index contributed by atoms with van der Waals surface area (Å²) in [7, 11) is 0. The Balaban J connectivity index is 1.82. The molecule has 3 nitrogen and oxygen atoms in total. The number of ether oxygens (including phenoxy) is 2. The molecule has 0 saturated heterocycles. The molecule has 0 amide bonds. The highest BCUT2D eigenvalue weighted by atomic mass is 79.9. The van der Waals surface area contributed by atoms with E-state index in [1.54, 1.807) is 12.1 Å². The van der Waals surface area contributed by atoms with Crippen LogP contribution in [0.5, 0.6) is 5.75 Å². The van der Waals surface area contributed by atoms with E-state index >= 15 is 0 Å². The molecule has 0 spiro atoms. The topological polar surface area (TPSA) is 42.2 Å². The molecule has 21 heavy (non-hydrogen) atoms.